The fraction of sp³-hybridized carbons (Fsp3) is 0.381. The lowest BCUT2D eigenvalue weighted by molar-refractivity contribution is -0.137. The highest BCUT2D eigenvalue weighted by Gasteiger charge is 2.39. The van der Waals surface area contributed by atoms with Gasteiger partial charge in [-0.05, 0) is 48.4 Å². The van der Waals surface area contributed by atoms with Gasteiger partial charge in [-0.25, -0.2) is 8.42 Å². The van der Waals surface area contributed by atoms with Crippen molar-refractivity contribution < 1.29 is 26.4 Å². The Morgan fingerprint density at radius 2 is 1.78 bits per heavy atom. The summed E-state index contributed by atoms with van der Waals surface area (Å²) < 4.78 is 67.4. The van der Waals surface area contributed by atoms with Crippen LogP contribution >= 0.6 is 0 Å². The summed E-state index contributed by atoms with van der Waals surface area (Å²) >= 11 is 0. The number of fused-ring (bicyclic) bond motifs is 3. The van der Waals surface area contributed by atoms with E-state index < -0.39 is 34.2 Å². The van der Waals surface area contributed by atoms with E-state index in [-0.39, 0.29) is 33.4 Å². The van der Waals surface area contributed by atoms with Gasteiger partial charge in [0.1, 0.15) is 12.2 Å². The number of nitrogens with one attached hydrogen (secondary N) is 1. The molecule has 0 radical (unpaired) electrons. The van der Waals surface area contributed by atoms with Crippen LogP contribution in [-0.4, -0.2) is 26.9 Å². The predicted octanol–water partition coefficient (Wildman–Crippen LogP) is 4.73. The second-order valence-electron chi connectivity index (χ2n) is 7.92. The minimum atomic E-state index is -4.64. The number of nitrogens with zero attached hydrogens (tertiary/aromatic N) is 2. The molecule has 2 aromatic rings. The number of halogens is 3. The summed E-state index contributed by atoms with van der Waals surface area (Å²) in [5.74, 6) is -0.542. The van der Waals surface area contributed by atoms with Crippen LogP contribution in [0.25, 0.3) is 11.1 Å². The van der Waals surface area contributed by atoms with E-state index in [0.717, 1.165) is 60.7 Å². The van der Waals surface area contributed by atoms with Gasteiger partial charge in [0.15, 0.2) is 0 Å². The first-order valence-corrected chi connectivity index (χ1v) is 11.6. The highest BCUT2D eigenvalue weighted by atomic mass is 32.2. The van der Waals surface area contributed by atoms with Gasteiger partial charge in [-0.1, -0.05) is 25.3 Å². The number of alkyl halides is 3. The molecule has 1 fully saturated rings. The molecule has 1 aliphatic carbocycles. The van der Waals surface area contributed by atoms with Crippen LogP contribution in [0.2, 0.25) is 0 Å². The molecule has 0 spiro atoms. The molecule has 0 unspecified atom stereocenters. The van der Waals surface area contributed by atoms with Gasteiger partial charge in [-0.2, -0.15) is 13.2 Å². The van der Waals surface area contributed by atoms with Crippen molar-refractivity contribution in [2.45, 2.75) is 49.2 Å². The van der Waals surface area contributed by atoms with Gasteiger partial charge in [0.25, 0.3) is 10.0 Å². The van der Waals surface area contributed by atoms with E-state index in [1.807, 2.05) is 0 Å². The van der Waals surface area contributed by atoms with Crippen molar-refractivity contribution in [1.29, 1.82) is 0 Å². The van der Waals surface area contributed by atoms with Crippen LogP contribution < -0.4 is 9.62 Å². The van der Waals surface area contributed by atoms with E-state index in [4.69, 9.17) is 0 Å². The predicted molar refractivity (Wildman–Crippen MR) is 112 cm³/mol. The number of anilines is 1. The summed E-state index contributed by atoms with van der Waals surface area (Å²) in [7, 11) is -4.32. The number of amides is 1. The van der Waals surface area contributed by atoms with Crippen LogP contribution in [0.3, 0.4) is 0 Å². The zero-order valence-electron chi connectivity index (χ0n) is 16.9. The Morgan fingerprint density at radius 1 is 1.06 bits per heavy atom. The van der Waals surface area contributed by atoms with Crippen molar-refractivity contribution in [1.82, 2.24) is 5.32 Å². The van der Waals surface area contributed by atoms with Crippen molar-refractivity contribution in [2.24, 2.45) is 5.18 Å². The van der Waals surface area contributed by atoms with Crippen molar-refractivity contribution in [3.8, 4) is 11.1 Å². The third kappa shape index (κ3) is 4.08. The third-order valence-corrected chi connectivity index (χ3v) is 7.58. The summed E-state index contributed by atoms with van der Waals surface area (Å²) in [6.45, 7) is -0.588. The van der Waals surface area contributed by atoms with Crippen LogP contribution in [0.1, 0.15) is 37.7 Å². The van der Waals surface area contributed by atoms with E-state index in [1.54, 1.807) is 0 Å². The summed E-state index contributed by atoms with van der Waals surface area (Å²) in [4.78, 5) is 23.2. The Balaban J connectivity index is 1.78. The summed E-state index contributed by atoms with van der Waals surface area (Å²) in [6, 6.07) is 6.12. The molecule has 2 aromatic carbocycles. The third-order valence-electron chi connectivity index (χ3n) is 5.78. The van der Waals surface area contributed by atoms with Crippen molar-refractivity contribution >= 4 is 27.3 Å². The molecule has 0 aromatic heterocycles. The van der Waals surface area contributed by atoms with Crippen molar-refractivity contribution in [2.75, 3.05) is 10.8 Å². The minimum Gasteiger partial charge on any atom is -0.352 e. The maximum atomic E-state index is 13.3. The van der Waals surface area contributed by atoms with E-state index >= 15 is 0 Å². The number of hydrogen-bond donors (Lipinski definition) is 1. The summed E-state index contributed by atoms with van der Waals surface area (Å²) in [5.41, 5.74) is -1.15. The Kier molecular flexibility index (Phi) is 5.70. The molecular formula is C21H20F3N3O4S. The number of benzene rings is 2. The fourth-order valence-corrected chi connectivity index (χ4v) is 5.89. The number of rotatable bonds is 4. The molecule has 0 saturated heterocycles. The van der Waals surface area contributed by atoms with Crippen LogP contribution in [0, 0.1) is 4.91 Å². The zero-order chi connectivity index (χ0) is 23.1. The minimum absolute atomic E-state index is 0.00700. The quantitative estimate of drug-likeness (QED) is 0.658. The Bertz CT molecular complexity index is 1180. The molecule has 1 amide bonds. The maximum Gasteiger partial charge on any atom is 0.416 e. The van der Waals surface area contributed by atoms with Gasteiger partial charge in [-0.15, -0.1) is 4.91 Å². The van der Waals surface area contributed by atoms with Gasteiger partial charge in [-0.3, -0.25) is 9.10 Å². The Morgan fingerprint density at radius 3 is 2.44 bits per heavy atom. The maximum absolute atomic E-state index is 13.3. The highest BCUT2D eigenvalue weighted by molar-refractivity contribution is 7.93. The molecule has 1 saturated carbocycles. The van der Waals surface area contributed by atoms with Crippen molar-refractivity contribution in [3.05, 3.63) is 46.9 Å². The lowest BCUT2D eigenvalue weighted by Crippen LogP contribution is -2.45. The molecule has 7 nitrogen and oxygen atoms in total. The molecule has 1 aliphatic heterocycles. The summed E-state index contributed by atoms with van der Waals surface area (Å²) in [5, 5.41) is 5.55. The molecular weight excluding hydrogens is 447 g/mol. The smallest absolute Gasteiger partial charge is 0.352 e. The molecule has 11 heteroatoms. The second kappa shape index (κ2) is 8.19. The van der Waals surface area contributed by atoms with Gasteiger partial charge in [0.05, 0.1) is 16.1 Å². The standard InChI is InChI=1S/C21H20F3N3O4S/c22-21(23,24)13-6-9-18-17(10-13)16-8-7-15(26-29)11-19(16)32(30,31)27(18)12-20(28)25-14-4-2-1-3-5-14/h6-11,14H,1-5,12H2,(H,25,28). The number of carbonyl (C=O) groups is 1. The van der Waals surface area contributed by atoms with E-state index in [2.05, 4.69) is 10.5 Å². The average molecular weight is 467 g/mol. The van der Waals surface area contributed by atoms with Crippen molar-refractivity contribution in [3.63, 3.8) is 0 Å². The number of nitroso groups, excluding NO2 is 1. The lowest BCUT2D eigenvalue weighted by Gasteiger charge is -2.33. The topological polar surface area (TPSA) is 95.9 Å². The molecule has 170 valence electrons. The monoisotopic (exact) mass is 467 g/mol. The molecule has 1 N–H and O–H groups in total. The lowest BCUT2D eigenvalue weighted by atomic mass is 9.95. The number of hydrogen-bond acceptors (Lipinski definition) is 5. The first-order valence-electron chi connectivity index (χ1n) is 10.1. The normalized spacial score (nSPS) is 17.9. The van der Waals surface area contributed by atoms with E-state index in [1.165, 1.54) is 12.1 Å². The molecule has 4 rings (SSSR count). The highest BCUT2D eigenvalue weighted by Crippen LogP contribution is 2.46. The number of carbonyl (C=O) groups excluding carboxylic acids is 1. The van der Waals surface area contributed by atoms with E-state index in [0.29, 0.717) is 0 Å². The molecule has 2 aliphatic rings. The van der Waals surface area contributed by atoms with Crippen LogP contribution in [0.4, 0.5) is 24.5 Å². The van der Waals surface area contributed by atoms with Crippen LogP contribution in [0.5, 0.6) is 0 Å². The van der Waals surface area contributed by atoms with E-state index in [9.17, 15) is 31.3 Å². The van der Waals surface area contributed by atoms with Gasteiger partial charge in [0.2, 0.25) is 5.91 Å². The Labute approximate surface area is 182 Å². The molecule has 1 heterocycles. The molecule has 0 atom stereocenters. The van der Waals surface area contributed by atoms with Gasteiger partial charge in [0, 0.05) is 17.2 Å². The zero-order valence-corrected chi connectivity index (χ0v) is 17.7. The number of sulfonamides is 1. The van der Waals surface area contributed by atoms with Crippen LogP contribution in [-0.2, 0) is 21.0 Å². The summed E-state index contributed by atoms with van der Waals surface area (Å²) in [6.07, 6.45) is -0.0528. The largest absolute Gasteiger partial charge is 0.416 e. The molecule has 0 bridgehead atoms. The van der Waals surface area contributed by atoms with Gasteiger partial charge >= 0.3 is 6.18 Å². The second-order valence-corrected chi connectivity index (χ2v) is 9.75. The average Bonchev–Trinajstić information content (AvgIpc) is 2.76. The Hall–Kier alpha value is -2.95. The molecule has 32 heavy (non-hydrogen) atoms. The first kappa shape index (κ1) is 22.3. The van der Waals surface area contributed by atoms with Gasteiger partial charge < -0.3 is 5.32 Å². The fourth-order valence-electron chi connectivity index (χ4n) is 4.22. The van der Waals surface area contributed by atoms with Crippen LogP contribution in [0.15, 0.2) is 46.5 Å². The SMILES string of the molecule is O=Nc1ccc2c(c1)S(=O)(=O)N(CC(=O)NC1CCCCC1)c1ccc(C(F)(F)F)cc1-2. The first-order chi connectivity index (χ1) is 15.1.